The van der Waals surface area contributed by atoms with Crippen molar-refractivity contribution in [2.24, 2.45) is 0 Å². The zero-order valence-corrected chi connectivity index (χ0v) is 19.8. The maximum Gasteiger partial charge on any atom is 0.338 e. The summed E-state index contributed by atoms with van der Waals surface area (Å²) in [7, 11) is -3.79. The van der Waals surface area contributed by atoms with Gasteiger partial charge >= 0.3 is 5.97 Å². The van der Waals surface area contributed by atoms with Gasteiger partial charge < -0.3 is 4.74 Å². The summed E-state index contributed by atoms with van der Waals surface area (Å²) in [4.78, 5) is 12.8. The highest BCUT2D eigenvalue weighted by Crippen LogP contribution is 2.23. The van der Waals surface area contributed by atoms with Crippen LogP contribution in [0.5, 0.6) is 0 Å². The van der Waals surface area contributed by atoms with Gasteiger partial charge in [0.05, 0.1) is 23.1 Å². The van der Waals surface area contributed by atoms with E-state index >= 15 is 0 Å². The van der Waals surface area contributed by atoms with Crippen molar-refractivity contribution in [3.8, 4) is 0 Å². The van der Waals surface area contributed by atoms with Gasteiger partial charge in [-0.25, -0.2) is 17.9 Å². The summed E-state index contributed by atoms with van der Waals surface area (Å²) in [5.41, 5.74) is 4.13. The molecule has 1 atom stereocenters. The molecule has 32 heavy (non-hydrogen) atoms. The van der Waals surface area contributed by atoms with Gasteiger partial charge in [0.1, 0.15) is 0 Å². The fraction of sp³-hybridized carbons (Fsp3) is 0.240. The fourth-order valence-corrected chi connectivity index (χ4v) is 5.08. The fourth-order valence-electron chi connectivity index (χ4n) is 3.69. The number of halogens is 1. The molecule has 3 aromatic rings. The maximum absolute atomic E-state index is 12.9. The first-order chi connectivity index (χ1) is 15.2. The second-order valence-electron chi connectivity index (χ2n) is 7.74. The normalized spacial score (nSPS) is 12.4. The molecule has 0 saturated heterocycles. The van der Waals surface area contributed by atoms with Crippen LogP contribution in [0.15, 0.2) is 71.6 Å². The van der Waals surface area contributed by atoms with Crippen molar-refractivity contribution in [2.45, 2.75) is 38.1 Å². The number of hydrogen-bond donors (Lipinski definition) is 1. The van der Waals surface area contributed by atoms with Crippen LogP contribution in [0.1, 0.15) is 45.1 Å². The van der Waals surface area contributed by atoms with Crippen molar-refractivity contribution in [1.82, 2.24) is 4.72 Å². The van der Waals surface area contributed by atoms with Gasteiger partial charge in [-0.2, -0.15) is 0 Å². The second-order valence-corrected chi connectivity index (χ2v) is 9.89. The number of sulfonamides is 1. The van der Waals surface area contributed by atoms with E-state index in [1.807, 2.05) is 63.2 Å². The van der Waals surface area contributed by atoms with E-state index < -0.39 is 22.0 Å². The SMILES string of the molecule is Cc1cc(C)c(C(=O)OCC[C@@H](NS(=O)(=O)c2ccc(Cl)cc2)c2ccccc2)c(C)c1. The van der Waals surface area contributed by atoms with Crippen molar-refractivity contribution in [2.75, 3.05) is 6.61 Å². The Morgan fingerprint density at radius 3 is 2.16 bits per heavy atom. The number of hydrogen-bond acceptors (Lipinski definition) is 4. The van der Waals surface area contributed by atoms with Gasteiger partial charge in [-0.05, 0) is 61.7 Å². The number of carbonyl (C=O) groups is 1. The Labute approximate surface area is 194 Å². The Hall–Kier alpha value is -2.67. The molecule has 1 N–H and O–H groups in total. The number of nitrogens with one attached hydrogen (secondary N) is 1. The van der Waals surface area contributed by atoms with E-state index in [-0.39, 0.29) is 17.9 Å². The molecule has 0 fully saturated rings. The zero-order chi connectivity index (χ0) is 23.3. The van der Waals surface area contributed by atoms with Gasteiger partial charge in [0.25, 0.3) is 0 Å². The molecule has 3 aromatic carbocycles. The lowest BCUT2D eigenvalue weighted by molar-refractivity contribution is 0.0490. The van der Waals surface area contributed by atoms with Crippen LogP contribution in [-0.2, 0) is 14.8 Å². The second kappa shape index (κ2) is 10.3. The smallest absolute Gasteiger partial charge is 0.338 e. The standard InChI is InChI=1S/C25H26ClNO4S/c1-17-15-18(2)24(19(3)16-17)25(28)31-14-13-23(20-7-5-4-6-8-20)27-32(29,30)22-11-9-21(26)10-12-22/h4-12,15-16,23,27H,13-14H2,1-3H3/t23-/m1/s1. The summed E-state index contributed by atoms with van der Waals surface area (Å²) in [6.07, 6.45) is 0.284. The molecule has 0 bridgehead atoms. The lowest BCUT2D eigenvalue weighted by Gasteiger charge is -2.20. The average Bonchev–Trinajstić information content (AvgIpc) is 2.73. The Bertz CT molecular complexity index is 1170. The summed E-state index contributed by atoms with van der Waals surface area (Å²) >= 11 is 5.88. The lowest BCUT2D eigenvalue weighted by atomic mass is 10.00. The van der Waals surface area contributed by atoms with Crippen LogP contribution in [0.3, 0.4) is 0 Å². The van der Waals surface area contributed by atoms with Crippen LogP contribution in [0.25, 0.3) is 0 Å². The predicted molar refractivity (Wildman–Crippen MR) is 127 cm³/mol. The lowest BCUT2D eigenvalue weighted by Crippen LogP contribution is -2.30. The number of rotatable bonds is 8. The van der Waals surface area contributed by atoms with Gasteiger partial charge in [-0.15, -0.1) is 0 Å². The first kappa shape index (κ1) is 24.0. The van der Waals surface area contributed by atoms with Crippen molar-refractivity contribution < 1.29 is 17.9 Å². The molecule has 0 unspecified atom stereocenters. The first-order valence-corrected chi connectivity index (χ1v) is 12.1. The van der Waals surface area contributed by atoms with Crippen LogP contribution < -0.4 is 4.72 Å². The minimum absolute atomic E-state index is 0.0638. The van der Waals surface area contributed by atoms with Crippen molar-refractivity contribution >= 4 is 27.6 Å². The highest BCUT2D eigenvalue weighted by atomic mass is 35.5. The van der Waals surface area contributed by atoms with Gasteiger partial charge in [0.2, 0.25) is 10.0 Å². The van der Waals surface area contributed by atoms with Gasteiger partial charge in [-0.3, -0.25) is 0 Å². The van der Waals surface area contributed by atoms with Crippen LogP contribution >= 0.6 is 11.6 Å². The molecule has 7 heteroatoms. The van der Waals surface area contributed by atoms with E-state index in [2.05, 4.69) is 4.72 Å². The van der Waals surface area contributed by atoms with E-state index in [1.54, 1.807) is 0 Å². The Morgan fingerprint density at radius 2 is 1.56 bits per heavy atom. The molecule has 0 aliphatic heterocycles. The van der Waals surface area contributed by atoms with Crippen molar-refractivity contribution in [3.05, 3.63) is 99.6 Å². The van der Waals surface area contributed by atoms with E-state index in [9.17, 15) is 13.2 Å². The molecule has 0 aromatic heterocycles. The molecule has 0 radical (unpaired) electrons. The third-order valence-electron chi connectivity index (χ3n) is 5.14. The van der Waals surface area contributed by atoms with Gasteiger partial charge in [0, 0.05) is 11.4 Å². The number of esters is 1. The van der Waals surface area contributed by atoms with E-state index in [0.29, 0.717) is 10.6 Å². The number of carbonyl (C=O) groups excluding carboxylic acids is 1. The van der Waals surface area contributed by atoms with Gasteiger partial charge in [-0.1, -0.05) is 59.6 Å². The Balaban J connectivity index is 1.75. The zero-order valence-electron chi connectivity index (χ0n) is 18.3. The molecule has 0 spiro atoms. The molecular weight excluding hydrogens is 446 g/mol. The quantitative estimate of drug-likeness (QED) is 0.438. The summed E-state index contributed by atoms with van der Waals surface area (Å²) in [6.45, 7) is 5.80. The Morgan fingerprint density at radius 1 is 0.969 bits per heavy atom. The van der Waals surface area contributed by atoms with Gasteiger partial charge in [0.15, 0.2) is 0 Å². The molecule has 3 rings (SSSR count). The largest absolute Gasteiger partial charge is 0.462 e. The number of benzene rings is 3. The molecule has 5 nitrogen and oxygen atoms in total. The molecular formula is C25H26ClNO4S. The van der Waals surface area contributed by atoms with Crippen LogP contribution in [0, 0.1) is 20.8 Å². The first-order valence-electron chi connectivity index (χ1n) is 10.2. The van der Waals surface area contributed by atoms with E-state index in [1.165, 1.54) is 24.3 Å². The summed E-state index contributed by atoms with van der Waals surface area (Å²) < 4.78 is 34.1. The maximum atomic E-state index is 12.9. The summed E-state index contributed by atoms with van der Waals surface area (Å²) in [5, 5.41) is 0.456. The molecule has 0 aliphatic carbocycles. The molecule has 0 amide bonds. The molecule has 168 valence electrons. The topological polar surface area (TPSA) is 72.5 Å². The van der Waals surface area contributed by atoms with E-state index in [0.717, 1.165) is 22.3 Å². The number of ether oxygens (including phenoxy) is 1. The molecule has 0 heterocycles. The Kier molecular flexibility index (Phi) is 7.72. The monoisotopic (exact) mass is 471 g/mol. The van der Waals surface area contributed by atoms with E-state index in [4.69, 9.17) is 16.3 Å². The summed E-state index contributed by atoms with van der Waals surface area (Å²) in [6, 6.07) is 18.5. The minimum Gasteiger partial charge on any atom is -0.462 e. The highest BCUT2D eigenvalue weighted by Gasteiger charge is 2.22. The minimum atomic E-state index is -3.79. The summed E-state index contributed by atoms with van der Waals surface area (Å²) in [5.74, 6) is -0.410. The highest BCUT2D eigenvalue weighted by molar-refractivity contribution is 7.89. The van der Waals surface area contributed by atoms with Crippen LogP contribution in [-0.4, -0.2) is 21.0 Å². The molecule has 0 aliphatic rings. The third-order valence-corrected chi connectivity index (χ3v) is 6.88. The predicted octanol–water partition coefficient (Wildman–Crippen LogP) is 5.53. The van der Waals surface area contributed by atoms with Crippen LogP contribution in [0.4, 0.5) is 0 Å². The molecule has 0 saturated carbocycles. The number of aryl methyl sites for hydroxylation is 3. The average molecular weight is 472 g/mol. The third kappa shape index (κ3) is 5.97. The van der Waals surface area contributed by atoms with Crippen molar-refractivity contribution in [3.63, 3.8) is 0 Å². The van der Waals surface area contributed by atoms with Crippen molar-refractivity contribution in [1.29, 1.82) is 0 Å². The van der Waals surface area contributed by atoms with Crippen LogP contribution in [0.2, 0.25) is 5.02 Å².